The number of aliphatic hydroxyl groups is 1. The molecule has 1 heterocycles. The molecule has 0 spiro atoms. The number of carbonyl (C=O) groups is 2. The van der Waals surface area contributed by atoms with Crippen LogP contribution < -0.4 is 5.32 Å². The molecule has 42 heavy (non-hydrogen) atoms. The van der Waals surface area contributed by atoms with Gasteiger partial charge in [0.15, 0.2) is 0 Å². The van der Waals surface area contributed by atoms with Crippen molar-refractivity contribution in [1.82, 2.24) is 15.1 Å². The molecule has 0 radical (unpaired) electrons. The largest absolute Gasteiger partial charge is 0.386 e. The molecule has 9 heteroatoms. The Morgan fingerprint density at radius 2 is 1.74 bits per heavy atom. The monoisotopic (exact) mass is 605 g/mol. The molecule has 8 atom stereocenters. The van der Waals surface area contributed by atoms with Crippen molar-refractivity contribution in [2.24, 2.45) is 17.8 Å². The van der Waals surface area contributed by atoms with Crippen molar-refractivity contribution in [1.29, 1.82) is 0 Å². The van der Waals surface area contributed by atoms with Gasteiger partial charge in [-0.05, 0) is 50.6 Å². The average molecular weight is 606 g/mol. The molecule has 2 rings (SSSR count). The fraction of sp³-hybridized carbons (Fsp3) is 0.727. The van der Waals surface area contributed by atoms with Crippen molar-refractivity contribution in [2.75, 3.05) is 27.8 Å². The normalized spacial score (nSPS) is 20.6. The third-order valence-corrected chi connectivity index (χ3v) is 9.48. The van der Waals surface area contributed by atoms with E-state index >= 15 is 0 Å². The Balaban J connectivity index is 2.15. The number of rotatable bonds is 17. The third-order valence-electron chi connectivity index (χ3n) is 8.92. The molecule has 2 N–H and O–H groups in total. The molecule has 0 aliphatic carbocycles. The van der Waals surface area contributed by atoms with E-state index in [0.29, 0.717) is 18.4 Å². The number of amides is 2. The summed E-state index contributed by atoms with van der Waals surface area (Å²) in [5.74, 6) is 0.108. The maximum absolute atomic E-state index is 13.9. The number of hydrogen-bond acceptors (Lipinski definition) is 5. The van der Waals surface area contributed by atoms with Crippen LogP contribution in [0.3, 0.4) is 0 Å². The predicted molar refractivity (Wildman–Crippen MR) is 173 cm³/mol. The van der Waals surface area contributed by atoms with Crippen LogP contribution in [0.25, 0.3) is 0 Å². The summed E-state index contributed by atoms with van der Waals surface area (Å²) in [7, 11) is 9.23. The molecule has 0 saturated carbocycles. The van der Waals surface area contributed by atoms with Gasteiger partial charge in [0.2, 0.25) is 11.8 Å². The number of nitrogens with one attached hydrogen (secondary N) is 1. The van der Waals surface area contributed by atoms with Crippen molar-refractivity contribution in [3.63, 3.8) is 0 Å². The number of likely N-dealkylation sites (N-methyl/N-ethyl adjacent to an activating group) is 1. The maximum Gasteiger partial charge on any atom is 0.225 e. The van der Waals surface area contributed by atoms with Gasteiger partial charge in [-0.2, -0.15) is 0 Å². The summed E-state index contributed by atoms with van der Waals surface area (Å²) in [4.78, 5) is 31.3. The van der Waals surface area contributed by atoms with Gasteiger partial charge in [0, 0.05) is 32.2 Å². The van der Waals surface area contributed by atoms with E-state index in [9.17, 15) is 14.7 Å². The molecule has 0 bridgehead atoms. The van der Waals surface area contributed by atoms with Gasteiger partial charge in [0.25, 0.3) is 0 Å². The Morgan fingerprint density at radius 1 is 1.10 bits per heavy atom. The minimum Gasteiger partial charge on any atom is -0.386 e. The lowest BCUT2D eigenvalue weighted by Crippen LogP contribution is -2.53. The van der Waals surface area contributed by atoms with E-state index in [2.05, 4.69) is 53.8 Å². The second-order valence-electron chi connectivity index (χ2n) is 12.4. The molecule has 1 aliphatic heterocycles. The van der Waals surface area contributed by atoms with Crippen molar-refractivity contribution < 1.29 is 24.2 Å². The minimum atomic E-state index is -0.826. The van der Waals surface area contributed by atoms with Crippen LogP contribution in [0.2, 0.25) is 0 Å². The number of likely N-dealkylation sites (tertiary alicyclic amines) is 1. The maximum atomic E-state index is 13.9. The van der Waals surface area contributed by atoms with Crippen LogP contribution in [-0.4, -0.2) is 90.3 Å². The van der Waals surface area contributed by atoms with Crippen molar-refractivity contribution in [2.45, 2.75) is 110 Å². The molecule has 1 saturated heterocycles. The first-order valence-electron chi connectivity index (χ1n) is 15.6. The summed E-state index contributed by atoms with van der Waals surface area (Å²) < 4.78 is 11.9. The number of hydrogen-bond donors (Lipinski definition) is 2. The number of ether oxygens (including phenoxy) is 2. The fourth-order valence-electron chi connectivity index (χ4n) is 6.24. The van der Waals surface area contributed by atoms with Crippen LogP contribution in [-0.2, 0) is 19.1 Å². The molecular formula is C33H56N3O5P. The lowest BCUT2D eigenvalue weighted by molar-refractivity contribution is -0.143. The van der Waals surface area contributed by atoms with Crippen molar-refractivity contribution >= 4 is 26.1 Å². The predicted octanol–water partition coefficient (Wildman–Crippen LogP) is 4.94. The van der Waals surface area contributed by atoms with Crippen molar-refractivity contribution in [3.8, 4) is 0 Å². The molecule has 1 aliphatic rings. The Bertz CT molecular complexity index is 993. The summed E-state index contributed by atoms with van der Waals surface area (Å²) in [5, 5.41) is 13.7. The summed E-state index contributed by atoms with van der Waals surface area (Å²) in [6.45, 7) is 13.0. The molecular weight excluding hydrogens is 549 g/mol. The van der Waals surface area contributed by atoms with E-state index in [0.717, 1.165) is 36.7 Å². The van der Waals surface area contributed by atoms with Crippen LogP contribution in [0.15, 0.2) is 30.3 Å². The minimum absolute atomic E-state index is 0.0212. The Labute approximate surface area is 256 Å². The first-order valence-corrected chi connectivity index (χ1v) is 16.1. The molecule has 1 aromatic rings. The van der Waals surface area contributed by atoms with Crippen molar-refractivity contribution in [3.05, 3.63) is 35.9 Å². The quantitative estimate of drug-likeness (QED) is 0.245. The van der Waals surface area contributed by atoms with Crippen LogP contribution in [0.5, 0.6) is 0 Å². The first-order chi connectivity index (χ1) is 19.9. The number of methoxy groups -OCH3 is 2. The first kappa shape index (κ1) is 36.4. The van der Waals surface area contributed by atoms with Crippen LogP contribution in [0.1, 0.15) is 85.3 Å². The van der Waals surface area contributed by atoms with Crippen LogP contribution in [0, 0.1) is 17.8 Å². The third kappa shape index (κ3) is 9.59. The summed E-state index contributed by atoms with van der Waals surface area (Å²) >= 11 is 0. The van der Waals surface area contributed by atoms with Gasteiger partial charge in [0.05, 0.1) is 42.7 Å². The zero-order chi connectivity index (χ0) is 31.6. The zero-order valence-corrected chi connectivity index (χ0v) is 28.3. The lowest BCUT2D eigenvalue weighted by Gasteiger charge is -2.40. The van der Waals surface area contributed by atoms with Crippen LogP contribution >= 0.6 is 8.86 Å². The Kier molecular flexibility index (Phi) is 15.1. The highest BCUT2D eigenvalue weighted by molar-refractivity contribution is 7.20. The number of aliphatic hydroxyl groups excluding tert-OH is 1. The average Bonchev–Trinajstić information content (AvgIpc) is 3.46. The molecule has 1 fully saturated rings. The second-order valence-corrected chi connectivity index (χ2v) is 13.0. The summed E-state index contributed by atoms with van der Waals surface area (Å²) in [6, 6.07) is 8.63. The smallest absolute Gasteiger partial charge is 0.225 e. The second kappa shape index (κ2) is 17.5. The number of nitrogens with zero attached hydrogens (tertiary/aromatic N) is 2. The Morgan fingerprint density at radius 3 is 2.29 bits per heavy atom. The molecule has 1 aromatic carbocycles. The summed E-state index contributed by atoms with van der Waals surface area (Å²) in [5.41, 5.74) is 1.85. The Hall–Kier alpha value is -1.83. The SMILES string of the molecule is CCC(C)C(C(CC(=O)N1CCCC1C(OC)C(C)C(=O)NC(C)C(O)c1ccccc1)OC)N(C)C(=P)CC(C)C. The highest BCUT2D eigenvalue weighted by atomic mass is 31.0. The highest BCUT2D eigenvalue weighted by Gasteiger charge is 2.42. The van der Waals surface area contributed by atoms with E-state index in [1.165, 1.54) is 0 Å². The van der Waals surface area contributed by atoms with Gasteiger partial charge in [-0.15, -0.1) is 8.86 Å². The van der Waals surface area contributed by atoms with E-state index < -0.39 is 24.2 Å². The summed E-state index contributed by atoms with van der Waals surface area (Å²) in [6.07, 6.45) is 2.16. The van der Waals surface area contributed by atoms with Crippen LogP contribution in [0.4, 0.5) is 0 Å². The molecule has 238 valence electrons. The molecule has 8 unspecified atom stereocenters. The number of benzene rings is 1. The van der Waals surface area contributed by atoms with Gasteiger partial charge < -0.3 is 24.8 Å². The zero-order valence-electron chi connectivity index (χ0n) is 27.3. The standard InChI is InChI=1S/C33H56N3O5P/c1-10-22(4)30(35(7)29(42)19-21(2)3)27(40-8)20-28(37)36-18-14-17-26(36)32(41-9)23(5)33(39)34-24(6)31(38)25-15-12-11-13-16-25/h11-13,15-16,21-24,26-27,30-32,38,42H,10,14,17-20H2,1-9H3,(H,34,39). The fourth-order valence-corrected chi connectivity index (χ4v) is 6.80. The topological polar surface area (TPSA) is 91.3 Å². The lowest BCUT2D eigenvalue weighted by atomic mass is 9.90. The van der Waals surface area contributed by atoms with E-state index in [1.807, 2.05) is 42.2 Å². The van der Waals surface area contributed by atoms with Gasteiger partial charge in [-0.3, -0.25) is 14.5 Å². The molecule has 2 amide bonds. The number of carbonyl (C=O) groups excluding carboxylic acids is 2. The van der Waals surface area contributed by atoms with Gasteiger partial charge in [-0.25, -0.2) is 0 Å². The molecule has 8 nitrogen and oxygen atoms in total. The molecule has 0 aromatic heterocycles. The van der Waals surface area contributed by atoms with E-state index in [4.69, 9.17) is 9.47 Å². The van der Waals surface area contributed by atoms with E-state index in [-0.39, 0.29) is 36.4 Å². The van der Waals surface area contributed by atoms with Gasteiger partial charge in [-0.1, -0.05) is 71.4 Å². The van der Waals surface area contributed by atoms with E-state index in [1.54, 1.807) is 21.1 Å². The highest BCUT2D eigenvalue weighted by Crippen LogP contribution is 2.30. The van der Waals surface area contributed by atoms with Gasteiger partial charge in [0.1, 0.15) is 0 Å². The van der Waals surface area contributed by atoms with Gasteiger partial charge >= 0.3 is 0 Å².